The highest BCUT2D eigenvalue weighted by atomic mass is 32.2. The number of nitrogens with zero attached hydrogens (tertiary/aromatic N) is 1. The molecule has 6 nitrogen and oxygen atoms in total. The largest absolute Gasteiger partial charge is 0.356 e. The average Bonchev–Trinajstić information content (AvgIpc) is 2.82. The maximum Gasteiger partial charge on any atom is 0.240 e. The maximum atomic E-state index is 12.8. The number of amides is 1. The zero-order valence-electron chi connectivity index (χ0n) is 18.5. The summed E-state index contributed by atoms with van der Waals surface area (Å²) < 4.78 is 27.6. The summed E-state index contributed by atoms with van der Waals surface area (Å²) in [4.78, 5) is 15.7. The summed E-state index contributed by atoms with van der Waals surface area (Å²) in [6.07, 6.45) is 9.91. The number of piperidine rings is 2. The Labute approximate surface area is 187 Å². The molecule has 7 heteroatoms. The van der Waals surface area contributed by atoms with E-state index in [1.54, 1.807) is 24.3 Å². The van der Waals surface area contributed by atoms with Crippen molar-refractivity contribution >= 4 is 15.9 Å². The monoisotopic (exact) mass is 447 g/mol. The highest BCUT2D eigenvalue weighted by molar-refractivity contribution is 7.89. The Morgan fingerprint density at radius 2 is 1.65 bits per heavy atom. The molecule has 1 amide bonds. The number of fused-ring (bicyclic) bond motifs is 1. The minimum Gasteiger partial charge on any atom is -0.356 e. The zero-order valence-corrected chi connectivity index (χ0v) is 19.3. The molecule has 1 aromatic rings. The van der Waals surface area contributed by atoms with Crippen LogP contribution in [0.4, 0.5) is 0 Å². The van der Waals surface area contributed by atoms with Crippen molar-refractivity contribution in [1.82, 2.24) is 14.9 Å². The molecule has 0 aromatic heterocycles. The third-order valence-corrected chi connectivity index (χ3v) is 9.04. The third kappa shape index (κ3) is 5.88. The summed E-state index contributed by atoms with van der Waals surface area (Å²) in [5.74, 6) is 1.18. The van der Waals surface area contributed by atoms with Gasteiger partial charge in [0.1, 0.15) is 0 Å². The van der Waals surface area contributed by atoms with Crippen molar-refractivity contribution in [2.45, 2.75) is 68.7 Å². The molecule has 1 aromatic carbocycles. The molecule has 1 aliphatic carbocycles. The molecule has 1 saturated carbocycles. The summed E-state index contributed by atoms with van der Waals surface area (Å²) in [6.45, 7) is 3.72. The summed E-state index contributed by atoms with van der Waals surface area (Å²) in [6, 6.07) is 9.17. The lowest BCUT2D eigenvalue weighted by Crippen LogP contribution is -2.51. The second kappa shape index (κ2) is 10.5. The quantitative estimate of drug-likeness (QED) is 0.673. The van der Waals surface area contributed by atoms with E-state index in [4.69, 9.17) is 0 Å². The first-order chi connectivity index (χ1) is 15.0. The molecule has 4 rings (SSSR count). The van der Waals surface area contributed by atoms with Crippen LogP contribution in [0.1, 0.15) is 57.8 Å². The van der Waals surface area contributed by atoms with E-state index in [2.05, 4.69) is 14.9 Å². The van der Waals surface area contributed by atoms with Gasteiger partial charge in [-0.15, -0.1) is 0 Å². The summed E-state index contributed by atoms with van der Waals surface area (Å²) in [5, 5.41) is 3.27. The van der Waals surface area contributed by atoms with Crippen LogP contribution in [-0.4, -0.2) is 51.4 Å². The molecule has 2 unspecified atom stereocenters. The second-order valence-corrected chi connectivity index (χ2v) is 11.4. The van der Waals surface area contributed by atoms with Crippen LogP contribution in [0.5, 0.6) is 0 Å². The van der Waals surface area contributed by atoms with Crippen molar-refractivity contribution in [3.63, 3.8) is 0 Å². The Balaban J connectivity index is 1.18. The van der Waals surface area contributed by atoms with Gasteiger partial charge in [0, 0.05) is 25.0 Å². The van der Waals surface area contributed by atoms with Gasteiger partial charge in [-0.2, -0.15) is 0 Å². The molecule has 2 heterocycles. The van der Waals surface area contributed by atoms with Gasteiger partial charge >= 0.3 is 0 Å². The van der Waals surface area contributed by atoms with Gasteiger partial charge in [0.15, 0.2) is 0 Å². The first-order valence-electron chi connectivity index (χ1n) is 12.1. The number of hydrogen-bond acceptors (Lipinski definition) is 4. The summed E-state index contributed by atoms with van der Waals surface area (Å²) >= 11 is 0. The van der Waals surface area contributed by atoms with Gasteiger partial charge in [0.2, 0.25) is 15.9 Å². The van der Waals surface area contributed by atoms with Crippen molar-refractivity contribution < 1.29 is 13.2 Å². The van der Waals surface area contributed by atoms with Crippen molar-refractivity contribution in [3.8, 4) is 0 Å². The van der Waals surface area contributed by atoms with Crippen LogP contribution < -0.4 is 10.0 Å². The number of rotatable bonds is 7. The Morgan fingerprint density at radius 3 is 2.42 bits per heavy atom. The van der Waals surface area contributed by atoms with Crippen LogP contribution >= 0.6 is 0 Å². The average molecular weight is 448 g/mol. The highest BCUT2D eigenvalue weighted by Crippen LogP contribution is 2.31. The topological polar surface area (TPSA) is 78.5 Å². The third-order valence-electron chi connectivity index (χ3n) is 7.60. The molecule has 0 bridgehead atoms. The molecule has 0 spiro atoms. The number of nitrogens with one attached hydrogen (secondary N) is 2. The van der Waals surface area contributed by atoms with E-state index >= 15 is 0 Å². The number of hydrogen-bond donors (Lipinski definition) is 2. The van der Waals surface area contributed by atoms with Gasteiger partial charge in [-0.05, 0) is 88.4 Å². The Hall–Kier alpha value is -1.44. The van der Waals surface area contributed by atoms with Crippen LogP contribution in [0.25, 0.3) is 0 Å². The molecule has 2 saturated heterocycles. The first kappa shape index (κ1) is 22.7. The normalized spacial score (nSPS) is 29.8. The van der Waals surface area contributed by atoms with E-state index in [1.807, 2.05) is 6.07 Å². The smallest absolute Gasteiger partial charge is 0.240 e. The predicted molar refractivity (Wildman–Crippen MR) is 122 cm³/mol. The molecule has 31 heavy (non-hydrogen) atoms. The fraction of sp³-hybridized carbons (Fsp3) is 0.708. The van der Waals surface area contributed by atoms with Gasteiger partial charge in [-0.25, -0.2) is 13.1 Å². The Kier molecular flexibility index (Phi) is 7.67. The standard InChI is InChI=1S/C24H37N3O3S/c28-24(25-18-21-7-6-16-27-15-5-4-10-23(21)27)20-13-11-19(12-14-20)17-26-31(29,30)22-8-2-1-3-9-22/h1-3,8-9,19-21,23,26H,4-7,10-18H2,(H,25,28). The molecule has 172 valence electrons. The van der Waals surface area contributed by atoms with E-state index in [-0.39, 0.29) is 11.8 Å². The maximum absolute atomic E-state index is 12.8. The fourth-order valence-corrected chi connectivity index (χ4v) is 6.87. The summed E-state index contributed by atoms with van der Waals surface area (Å²) in [5.41, 5.74) is 0. The van der Waals surface area contributed by atoms with Crippen molar-refractivity contribution in [1.29, 1.82) is 0 Å². The summed E-state index contributed by atoms with van der Waals surface area (Å²) in [7, 11) is -3.45. The SMILES string of the molecule is O=C(NCC1CCCN2CCCCC12)C1CCC(CNS(=O)(=O)c2ccccc2)CC1. The highest BCUT2D eigenvalue weighted by Gasteiger charge is 2.34. The van der Waals surface area contributed by atoms with Gasteiger partial charge in [0.05, 0.1) is 4.90 Å². The van der Waals surface area contributed by atoms with E-state index in [0.29, 0.717) is 29.3 Å². The Morgan fingerprint density at radius 1 is 0.903 bits per heavy atom. The number of carbonyl (C=O) groups is 1. The van der Waals surface area contributed by atoms with E-state index in [9.17, 15) is 13.2 Å². The fourth-order valence-electron chi connectivity index (χ4n) is 5.73. The zero-order chi connectivity index (χ0) is 21.7. The number of sulfonamides is 1. The van der Waals surface area contributed by atoms with Crippen LogP contribution in [0.15, 0.2) is 35.2 Å². The van der Waals surface area contributed by atoms with Crippen LogP contribution in [0.3, 0.4) is 0 Å². The van der Waals surface area contributed by atoms with Gasteiger partial charge in [-0.3, -0.25) is 4.79 Å². The van der Waals surface area contributed by atoms with Crippen molar-refractivity contribution in [2.75, 3.05) is 26.2 Å². The molecular formula is C24H37N3O3S. The number of carbonyl (C=O) groups excluding carboxylic acids is 1. The minimum atomic E-state index is -3.45. The van der Waals surface area contributed by atoms with Crippen LogP contribution in [0.2, 0.25) is 0 Å². The molecule has 3 aliphatic rings. The molecular weight excluding hydrogens is 410 g/mol. The Bertz CT molecular complexity index is 820. The first-order valence-corrected chi connectivity index (χ1v) is 13.6. The predicted octanol–water partition coefficient (Wildman–Crippen LogP) is 3.15. The van der Waals surface area contributed by atoms with E-state index in [1.165, 1.54) is 45.2 Å². The molecule has 2 aliphatic heterocycles. The molecule has 3 fully saturated rings. The lowest BCUT2D eigenvalue weighted by Gasteiger charge is -2.44. The molecule has 2 atom stereocenters. The molecule has 0 radical (unpaired) electrons. The van der Waals surface area contributed by atoms with E-state index < -0.39 is 10.0 Å². The minimum absolute atomic E-state index is 0.0769. The van der Waals surface area contributed by atoms with Gasteiger partial charge < -0.3 is 10.2 Å². The van der Waals surface area contributed by atoms with Gasteiger partial charge in [-0.1, -0.05) is 24.6 Å². The van der Waals surface area contributed by atoms with Crippen molar-refractivity contribution in [2.24, 2.45) is 17.8 Å². The lowest BCUT2D eigenvalue weighted by atomic mass is 9.81. The van der Waals surface area contributed by atoms with Crippen molar-refractivity contribution in [3.05, 3.63) is 30.3 Å². The van der Waals surface area contributed by atoms with Crippen LogP contribution in [-0.2, 0) is 14.8 Å². The van der Waals surface area contributed by atoms with Crippen LogP contribution in [0, 0.1) is 17.8 Å². The lowest BCUT2D eigenvalue weighted by molar-refractivity contribution is -0.126. The second-order valence-electron chi connectivity index (χ2n) is 9.63. The van der Waals surface area contributed by atoms with E-state index in [0.717, 1.165) is 32.2 Å². The molecule has 2 N–H and O–H groups in total. The van der Waals surface area contributed by atoms with Gasteiger partial charge in [0.25, 0.3) is 0 Å². The number of benzene rings is 1.